The first kappa shape index (κ1) is 20.0. The lowest BCUT2D eigenvalue weighted by atomic mass is 9.82. The molecule has 30 heavy (non-hydrogen) atoms. The summed E-state index contributed by atoms with van der Waals surface area (Å²) in [7, 11) is 0. The molecule has 1 N–H and O–H groups in total. The summed E-state index contributed by atoms with van der Waals surface area (Å²) in [5.41, 5.74) is 2.50. The van der Waals surface area contributed by atoms with E-state index in [1.807, 2.05) is 29.3 Å². The van der Waals surface area contributed by atoms with E-state index in [4.69, 9.17) is 4.98 Å². The lowest BCUT2D eigenvalue weighted by Crippen LogP contribution is -2.48. The fourth-order valence-electron chi connectivity index (χ4n) is 5.86. The molecule has 0 unspecified atom stereocenters. The van der Waals surface area contributed by atoms with Crippen LogP contribution in [0.3, 0.4) is 0 Å². The molecule has 3 aliphatic rings. The van der Waals surface area contributed by atoms with Crippen LogP contribution in [0.25, 0.3) is 5.65 Å². The van der Waals surface area contributed by atoms with Gasteiger partial charge in [-0.1, -0.05) is 12.5 Å². The Kier molecular flexibility index (Phi) is 6.05. The van der Waals surface area contributed by atoms with Gasteiger partial charge in [0.25, 0.3) is 5.91 Å². The number of carbonyl (C=O) groups is 1. The van der Waals surface area contributed by atoms with Gasteiger partial charge in [-0.15, -0.1) is 0 Å². The minimum atomic E-state index is 0.0955. The Morgan fingerprint density at radius 2 is 1.87 bits per heavy atom. The van der Waals surface area contributed by atoms with E-state index in [2.05, 4.69) is 14.6 Å². The minimum absolute atomic E-state index is 0.0955. The van der Waals surface area contributed by atoms with Crippen LogP contribution in [0.15, 0.2) is 24.4 Å². The van der Waals surface area contributed by atoms with Crippen molar-refractivity contribution in [3.63, 3.8) is 0 Å². The Labute approximate surface area is 179 Å². The molecule has 2 aromatic rings. The van der Waals surface area contributed by atoms with Crippen molar-refractivity contribution < 1.29 is 4.79 Å². The fraction of sp³-hybridized carbons (Fsp3) is 0.667. The van der Waals surface area contributed by atoms with Gasteiger partial charge in [0, 0.05) is 31.9 Å². The number of hydrogen-bond acceptors (Lipinski definition) is 4. The van der Waals surface area contributed by atoms with E-state index in [0.717, 1.165) is 55.8 Å². The molecule has 0 aromatic carbocycles. The van der Waals surface area contributed by atoms with Crippen molar-refractivity contribution in [2.24, 2.45) is 5.92 Å². The second-order valence-electron chi connectivity index (χ2n) is 9.30. The fourth-order valence-corrected chi connectivity index (χ4v) is 5.86. The van der Waals surface area contributed by atoms with Crippen LogP contribution in [0.4, 0.5) is 0 Å². The molecule has 0 spiro atoms. The molecular formula is C24H35N5O. The third-order valence-electron chi connectivity index (χ3n) is 7.44. The van der Waals surface area contributed by atoms with Crippen LogP contribution < -0.4 is 5.32 Å². The van der Waals surface area contributed by atoms with Crippen molar-refractivity contribution in [3.05, 3.63) is 35.8 Å². The molecule has 0 saturated carbocycles. The van der Waals surface area contributed by atoms with Crippen LogP contribution in [-0.2, 0) is 6.54 Å². The Balaban J connectivity index is 1.25. The molecule has 0 radical (unpaired) electrons. The predicted molar refractivity (Wildman–Crippen MR) is 119 cm³/mol. The molecule has 162 valence electrons. The normalized spacial score (nSPS) is 25.0. The summed E-state index contributed by atoms with van der Waals surface area (Å²) in [5, 5.41) is 3.66. The summed E-state index contributed by atoms with van der Waals surface area (Å²) in [6, 6.07) is 6.80. The highest BCUT2D eigenvalue weighted by molar-refractivity contribution is 5.94. The zero-order chi connectivity index (χ0) is 20.3. The molecule has 0 aliphatic carbocycles. The van der Waals surface area contributed by atoms with E-state index >= 15 is 0 Å². The number of aromatic nitrogens is 2. The molecule has 3 saturated heterocycles. The van der Waals surface area contributed by atoms with Crippen LogP contribution >= 0.6 is 0 Å². The van der Waals surface area contributed by atoms with Gasteiger partial charge in [-0.2, -0.15) is 0 Å². The van der Waals surface area contributed by atoms with Gasteiger partial charge in [-0.05, 0) is 82.6 Å². The molecule has 5 rings (SSSR count). The largest absolute Gasteiger partial charge is 0.337 e. The Morgan fingerprint density at radius 1 is 1.03 bits per heavy atom. The van der Waals surface area contributed by atoms with Gasteiger partial charge >= 0.3 is 0 Å². The highest BCUT2D eigenvalue weighted by Gasteiger charge is 2.32. The number of nitrogens with one attached hydrogen (secondary N) is 1. The van der Waals surface area contributed by atoms with E-state index in [1.165, 1.54) is 51.6 Å². The molecule has 1 amide bonds. The summed E-state index contributed by atoms with van der Waals surface area (Å²) in [6.07, 6.45) is 12.3. The summed E-state index contributed by atoms with van der Waals surface area (Å²) in [4.78, 5) is 22.5. The number of fused-ring (bicyclic) bond motifs is 2. The first-order chi connectivity index (χ1) is 14.8. The Bertz CT molecular complexity index is 870. The number of imidazole rings is 1. The number of rotatable bonds is 6. The third-order valence-corrected chi connectivity index (χ3v) is 7.44. The van der Waals surface area contributed by atoms with Crippen molar-refractivity contribution in [2.75, 3.05) is 32.7 Å². The average molecular weight is 410 g/mol. The van der Waals surface area contributed by atoms with Crippen LogP contribution in [0, 0.1) is 5.92 Å². The number of piperidine rings is 2. The third kappa shape index (κ3) is 4.00. The van der Waals surface area contributed by atoms with E-state index < -0.39 is 0 Å². The molecule has 6 nitrogen and oxygen atoms in total. The van der Waals surface area contributed by atoms with Crippen LogP contribution in [-0.4, -0.2) is 63.9 Å². The predicted octanol–water partition coefficient (Wildman–Crippen LogP) is 3.31. The summed E-state index contributed by atoms with van der Waals surface area (Å²) >= 11 is 0. The van der Waals surface area contributed by atoms with Crippen molar-refractivity contribution in [1.29, 1.82) is 0 Å². The maximum absolute atomic E-state index is 13.1. The number of amides is 1. The maximum atomic E-state index is 13.1. The maximum Gasteiger partial charge on any atom is 0.274 e. The molecular weight excluding hydrogens is 374 g/mol. The van der Waals surface area contributed by atoms with Crippen molar-refractivity contribution in [1.82, 2.24) is 24.5 Å². The topological polar surface area (TPSA) is 52.9 Å². The van der Waals surface area contributed by atoms with Crippen LogP contribution in [0.2, 0.25) is 0 Å². The smallest absolute Gasteiger partial charge is 0.274 e. The second kappa shape index (κ2) is 9.06. The van der Waals surface area contributed by atoms with E-state index in [0.29, 0.717) is 12.2 Å². The average Bonchev–Trinajstić information content (AvgIpc) is 3.45. The van der Waals surface area contributed by atoms with Gasteiger partial charge < -0.3 is 19.5 Å². The van der Waals surface area contributed by atoms with Crippen LogP contribution in [0.5, 0.6) is 0 Å². The van der Waals surface area contributed by atoms with Gasteiger partial charge in [0.15, 0.2) is 5.69 Å². The zero-order valence-electron chi connectivity index (χ0n) is 18.1. The monoisotopic (exact) mass is 409 g/mol. The standard InChI is InChI=1S/C24H35N5O/c30-24(28-14-5-6-15-28)23-21(29-17-4-2-10-22(29)26-23)18-25-12-11-19-8-7-16-27-13-3-1-9-20(19)27/h2,4,10,17,19-20,25H,1,3,5-9,11-16,18H2/t19-,20+/m0/s1. The minimum Gasteiger partial charge on any atom is -0.337 e. The van der Waals surface area contributed by atoms with Gasteiger partial charge in [0.1, 0.15) is 5.65 Å². The number of nitrogens with zero attached hydrogens (tertiary/aromatic N) is 4. The molecule has 6 heteroatoms. The van der Waals surface area contributed by atoms with E-state index in [-0.39, 0.29) is 5.91 Å². The van der Waals surface area contributed by atoms with E-state index in [9.17, 15) is 4.79 Å². The first-order valence-electron chi connectivity index (χ1n) is 12.0. The molecule has 2 atom stereocenters. The molecule has 2 aromatic heterocycles. The molecule has 3 fully saturated rings. The summed E-state index contributed by atoms with van der Waals surface area (Å²) < 4.78 is 2.08. The van der Waals surface area contributed by atoms with Gasteiger partial charge in [-0.3, -0.25) is 4.79 Å². The van der Waals surface area contributed by atoms with Gasteiger partial charge in [0.05, 0.1) is 5.69 Å². The quantitative estimate of drug-likeness (QED) is 0.744. The lowest BCUT2D eigenvalue weighted by molar-refractivity contribution is 0.0559. The molecule has 5 heterocycles. The highest BCUT2D eigenvalue weighted by Crippen LogP contribution is 2.32. The SMILES string of the molecule is O=C(c1nc2ccccn2c1CNCC[C@@H]1CCCN2CCCC[C@H]12)N1CCCC1. The van der Waals surface area contributed by atoms with Crippen LogP contribution in [0.1, 0.15) is 67.5 Å². The molecule has 3 aliphatic heterocycles. The molecule has 0 bridgehead atoms. The number of hydrogen-bond donors (Lipinski definition) is 1. The van der Waals surface area contributed by atoms with Gasteiger partial charge in [0.2, 0.25) is 0 Å². The number of likely N-dealkylation sites (tertiary alicyclic amines) is 1. The van der Waals surface area contributed by atoms with Crippen molar-refractivity contribution in [2.45, 2.75) is 64.0 Å². The lowest BCUT2D eigenvalue weighted by Gasteiger charge is -2.44. The van der Waals surface area contributed by atoms with Crippen molar-refractivity contribution in [3.8, 4) is 0 Å². The Hall–Kier alpha value is -1.92. The zero-order valence-corrected chi connectivity index (χ0v) is 18.1. The van der Waals surface area contributed by atoms with E-state index in [1.54, 1.807) is 0 Å². The second-order valence-corrected chi connectivity index (χ2v) is 9.30. The number of pyridine rings is 1. The first-order valence-corrected chi connectivity index (χ1v) is 12.0. The summed E-state index contributed by atoms with van der Waals surface area (Å²) in [5.74, 6) is 0.914. The highest BCUT2D eigenvalue weighted by atomic mass is 16.2. The van der Waals surface area contributed by atoms with Crippen molar-refractivity contribution >= 4 is 11.6 Å². The number of carbonyl (C=O) groups excluding carboxylic acids is 1. The summed E-state index contributed by atoms with van der Waals surface area (Å²) in [6.45, 7) is 6.03. The van der Waals surface area contributed by atoms with Gasteiger partial charge in [-0.25, -0.2) is 4.98 Å². The Morgan fingerprint density at radius 3 is 2.77 bits per heavy atom.